The van der Waals surface area contributed by atoms with Gasteiger partial charge in [-0.15, -0.1) is 0 Å². The minimum Gasteiger partial charge on any atom is -0.494 e. The molecule has 0 spiro atoms. The van der Waals surface area contributed by atoms with E-state index in [-0.39, 0.29) is 11.8 Å². The Morgan fingerprint density at radius 1 is 1.30 bits per heavy atom. The molecule has 1 aliphatic heterocycles. The second-order valence-electron chi connectivity index (χ2n) is 5.41. The summed E-state index contributed by atoms with van der Waals surface area (Å²) in [6.07, 6.45) is 0.624. The Labute approximate surface area is 140 Å². The smallest absolute Gasteiger partial charge is 0.231 e. The molecule has 1 N–H and O–H groups in total. The third-order valence-electron chi connectivity index (χ3n) is 3.73. The van der Waals surface area contributed by atoms with Crippen LogP contribution in [0.3, 0.4) is 0 Å². The molecule has 0 aromatic heterocycles. The fourth-order valence-electron chi connectivity index (χ4n) is 2.58. The molecular formula is C18H18ClNO3. The number of halogens is 1. The number of hydrogen-bond acceptors (Lipinski definition) is 3. The topological polar surface area (TPSA) is 47.6 Å². The minimum atomic E-state index is -0.229. The van der Waals surface area contributed by atoms with Gasteiger partial charge in [0.1, 0.15) is 18.1 Å². The maximum absolute atomic E-state index is 12.4. The Morgan fingerprint density at radius 3 is 2.83 bits per heavy atom. The van der Waals surface area contributed by atoms with Crippen molar-refractivity contribution >= 4 is 23.2 Å². The summed E-state index contributed by atoms with van der Waals surface area (Å²) in [6.45, 7) is 2.92. The Bertz CT molecular complexity index is 700. The van der Waals surface area contributed by atoms with Crippen molar-refractivity contribution < 1.29 is 14.3 Å². The molecule has 0 fully saturated rings. The highest BCUT2D eigenvalue weighted by atomic mass is 35.5. The van der Waals surface area contributed by atoms with E-state index in [0.717, 1.165) is 22.7 Å². The first-order valence-electron chi connectivity index (χ1n) is 7.60. The fourth-order valence-corrected chi connectivity index (χ4v) is 2.77. The van der Waals surface area contributed by atoms with Crippen LogP contribution in [0.25, 0.3) is 0 Å². The summed E-state index contributed by atoms with van der Waals surface area (Å²) in [7, 11) is 0. The predicted molar refractivity (Wildman–Crippen MR) is 90.4 cm³/mol. The van der Waals surface area contributed by atoms with Crippen molar-refractivity contribution in [1.82, 2.24) is 0 Å². The average molecular weight is 332 g/mol. The van der Waals surface area contributed by atoms with Gasteiger partial charge in [-0.2, -0.15) is 0 Å². The summed E-state index contributed by atoms with van der Waals surface area (Å²) in [5.74, 6) is 1.31. The molecule has 1 atom stereocenters. The molecule has 4 nitrogen and oxygen atoms in total. The summed E-state index contributed by atoms with van der Waals surface area (Å²) < 4.78 is 11.0. The van der Waals surface area contributed by atoms with Gasteiger partial charge in [-0.05, 0) is 61.4 Å². The highest BCUT2D eigenvalue weighted by Gasteiger charge is 2.26. The normalized spacial score (nSPS) is 16.2. The number of fused-ring (bicyclic) bond motifs is 1. The van der Waals surface area contributed by atoms with Gasteiger partial charge in [0.05, 0.1) is 12.5 Å². The molecule has 3 rings (SSSR count). The molecule has 0 unspecified atom stereocenters. The van der Waals surface area contributed by atoms with Crippen molar-refractivity contribution in [2.45, 2.75) is 13.3 Å². The summed E-state index contributed by atoms with van der Waals surface area (Å²) in [5.41, 5.74) is 1.71. The molecule has 2 aromatic rings. The van der Waals surface area contributed by atoms with E-state index in [0.29, 0.717) is 24.7 Å². The summed E-state index contributed by atoms with van der Waals surface area (Å²) in [5, 5.41) is 3.57. The maximum atomic E-state index is 12.4. The number of ether oxygens (including phenoxy) is 2. The molecule has 23 heavy (non-hydrogen) atoms. The van der Waals surface area contributed by atoms with E-state index in [1.807, 2.05) is 43.3 Å². The van der Waals surface area contributed by atoms with Crippen LogP contribution in [-0.4, -0.2) is 19.1 Å². The Balaban J connectivity index is 1.65. The van der Waals surface area contributed by atoms with Crippen LogP contribution in [-0.2, 0) is 11.2 Å². The van der Waals surface area contributed by atoms with E-state index < -0.39 is 0 Å². The van der Waals surface area contributed by atoms with E-state index in [2.05, 4.69) is 5.32 Å². The second-order valence-corrected chi connectivity index (χ2v) is 5.85. The van der Waals surface area contributed by atoms with E-state index in [9.17, 15) is 4.79 Å². The lowest BCUT2D eigenvalue weighted by atomic mass is 9.96. The first-order chi connectivity index (χ1) is 11.2. The molecule has 0 bridgehead atoms. The molecule has 1 heterocycles. The van der Waals surface area contributed by atoms with E-state index in [1.165, 1.54) is 0 Å². The third kappa shape index (κ3) is 3.77. The summed E-state index contributed by atoms with van der Waals surface area (Å²) in [4.78, 5) is 12.4. The number of amides is 1. The van der Waals surface area contributed by atoms with Crippen LogP contribution < -0.4 is 14.8 Å². The number of nitrogens with one attached hydrogen (secondary N) is 1. The van der Waals surface area contributed by atoms with Crippen LogP contribution >= 0.6 is 11.6 Å². The largest absolute Gasteiger partial charge is 0.494 e. The van der Waals surface area contributed by atoms with Crippen LogP contribution in [0.5, 0.6) is 11.5 Å². The van der Waals surface area contributed by atoms with Gasteiger partial charge in [0.15, 0.2) is 0 Å². The predicted octanol–water partition coefficient (Wildman–Crippen LogP) is 3.93. The van der Waals surface area contributed by atoms with Crippen molar-refractivity contribution in [3.05, 3.63) is 53.1 Å². The zero-order chi connectivity index (χ0) is 16.2. The highest BCUT2D eigenvalue weighted by molar-refractivity contribution is 6.30. The molecule has 0 saturated carbocycles. The van der Waals surface area contributed by atoms with Crippen molar-refractivity contribution in [3.63, 3.8) is 0 Å². The Hall–Kier alpha value is -2.20. The number of hydrogen-bond donors (Lipinski definition) is 1. The van der Waals surface area contributed by atoms with Gasteiger partial charge in [0.2, 0.25) is 5.91 Å². The van der Waals surface area contributed by atoms with Crippen molar-refractivity contribution in [3.8, 4) is 11.5 Å². The van der Waals surface area contributed by atoms with Crippen molar-refractivity contribution in [1.29, 1.82) is 0 Å². The average Bonchev–Trinajstić information content (AvgIpc) is 2.56. The van der Waals surface area contributed by atoms with Crippen molar-refractivity contribution in [2.75, 3.05) is 18.5 Å². The minimum absolute atomic E-state index is 0.0558. The lowest BCUT2D eigenvalue weighted by Crippen LogP contribution is -2.32. The maximum Gasteiger partial charge on any atom is 0.231 e. The first kappa shape index (κ1) is 15.7. The highest BCUT2D eigenvalue weighted by Crippen LogP contribution is 2.30. The molecule has 120 valence electrons. The van der Waals surface area contributed by atoms with E-state index >= 15 is 0 Å². The monoisotopic (exact) mass is 331 g/mol. The van der Waals surface area contributed by atoms with Gasteiger partial charge < -0.3 is 14.8 Å². The zero-order valence-electron chi connectivity index (χ0n) is 12.8. The third-order valence-corrected chi connectivity index (χ3v) is 3.97. The van der Waals surface area contributed by atoms with E-state index in [1.54, 1.807) is 6.07 Å². The molecule has 1 aliphatic rings. The number of carbonyl (C=O) groups is 1. The van der Waals surface area contributed by atoms with Crippen LogP contribution in [0.15, 0.2) is 42.5 Å². The standard InChI is InChI=1S/C18H18ClNO3/c1-2-22-16-6-4-15(5-7-16)20-18(21)13-9-12-10-14(19)3-8-17(12)23-11-13/h3-8,10,13H,2,9,11H2,1H3,(H,20,21)/t13-/m1/s1. The number of benzene rings is 2. The molecule has 0 saturated heterocycles. The number of anilines is 1. The SMILES string of the molecule is CCOc1ccc(NC(=O)[C@H]2COc3ccc(Cl)cc3C2)cc1. The van der Waals surface area contributed by atoms with Gasteiger partial charge in [0, 0.05) is 10.7 Å². The lowest BCUT2D eigenvalue weighted by Gasteiger charge is -2.24. The number of rotatable bonds is 4. The van der Waals surface area contributed by atoms with Gasteiger partial charge in [-0.3, -0.25) is 4.79 Å². The van der Waals surface area contributed by atoms with Crippen LogP contribution in [0.1, 0.15) is 12.5 Å². The zero-order valence-corrected chi connectivity index (χ0v) is 13.6. The molecule has 1 amide bonds. The first-order valence-corrected chi connectivity index (χ1v) is 7.98. The summed E-state index contributed by atoms with van der Waals surface area (Å²) in [6, 6.07) is 12.8. The second kappa shape index (κ2) is 6.92. The molecule has 2 aromatic carbocycles. The summed E-state index contributed by atoms with van der Waals surface area (Å²) >= 11 is 6.01. The van der Waals surface area contributed by atoms with Gasteiger partial charge in [-0.25, -0.2) is 0 Å². The van der Waals surface area contributed by atoms with Gasteiger partial charge >= 0.3 is 0 Å². The Morgan fingerprint density at radius 2 is 2.09 bits per heavy atom. The quantitative estimate of drug-likeness (QED) is 0.923. The molecule has 5 heteroatoms. The lowest BCUT2D eigenvalue weighted by molar-refractivity contribution is -0.121. The number of carbonyl (C=O) groups excluding carboxylic acids is 1. The van der Waals surface area contributed by atoms with E-state index in [4.69, 9.17) is 21.1 Å². The van der Waals surface area contributed by atoms with Gasteiger partial charge in [0.25, 0.3) is 0 Å². The molecular weight excluding hydrogens is 314 g/mol. The van der Waals surface area contributed by atoms with Crippen molar-refractivity contribution in [2.24, 2.45) is 5.92 Å². The molecule has 0 radical (unpaired) electrons. The van der Waals surface area contributed by atoms with Gasteiger partial charge in [-0.1, -0.05) is 11.6 Å². The fraction of sp³-hybridized carbons (Fsp3) is 0.278. The molecule has 0 aliphatic carbocycles. The van der Waals surface area contributed by atoms with Crippen LogP contribution in [0.2, 0.25) is 5.02 Å². The van der Waals surface area contributed by atoms with Crippen LogP contribution in [0, 0.1) is 5.92 Å². The Kier molecular flexibility index (Phi) is 4.72. The van der Waals surface area contributed by atoms with Crippen LogP contribution in [0.4, 0.5) is 5.69 Å².